The Bertz CT molecular complexity index is 359. The summed E-state index contributed by atoms with van der Waals surface area (Å²) >= 11 is 1.59. The van der Waals surface area contributed by atoms with Crippen LogP contribution in [0.15, 0.2) is 24.5 Å². The van der Waals surface area contributed by atoms with Gasteiger partial charge in [-0.2, -0.15) is 0 Å². The lowest BCUT2D eigenvalue weighted by Gasteiger charge is -2.28. The van der Waals surface area contributed by atoms with Crippen molar-refractivity contribution in [2.24, 2.45) is 5.73 Å². The molecule has 0 aromatic carbocycles. The maximum absolute atomic E-state index is 11.2. The van der Waals surface area contributed by atoms with Crippen molar-refractivity contribution in [2.45, 2.75) is 23.8 Å². The van der Waals surface area contributed by atoms with Gasteiger partial charge in [-0.25, -0.2) is 0 Å². The van der Waals surface area contributed by atoms with Crippen molar-refractivity contribution in [1.82, 2.24) is 15.6 Å². The molecule has 0 radical (unpaired) electrons. The summed E-state index contributed by atoms with van der Waals surface area (Å²) in [6.45, 7) is 0. The normalized spacial score (nSPS) is 25.2. The summed E-state index contributed by atoms with van der Waals surface area (Å²) in [5.74, 6) is 0.785. The second kappa shape index (κ2) is 5.29. The topological polar surface area (TPSA) is 80.0 Å². The summed E-state index contributed by atoms with van der Waals surface area (Å²) < 4.78 is 0. The van der Waals surface area contributed by atoms with Crippen LogP contribution in [0.25, 0.3) is 0 Å². The van der Waals surface area contributed by atoms with Crippen molar-refractivity contribution < 1.29 is 4.79 Å². The molecule has 2 atom stereocenters. The predicted octanol–water partition coefficient (Wildman–Crippen LogP) is -0.00730. The van der Waals surface area contributed by atoms with Crippen LogP contribution in [0.4, 0.5) is 0 Å². The SMILES string of the molecule is NC1CC(=O)NC(SCc2cccnc2)N1. The molecule has 0 aliphatic carbocycles. The number of hydrogen-bond donors (Lipinski definition) is 3. The maximum Gasteiger partial charge on any atom is 0.224 e. The Hall–Kier alpha value is -1.11. The molecule has 86 valence electrons. The Morgan fingerprint density at radius 3 is 3.19 bits per heavy atom. The minimum absolute atomic E-state index is 0.00469. The zero-order valence-electron chi connectivity index (χ0n) is 8.72. The van der Waals surface area contributed by atoms with Gasteiger partial charge in [-0.3, -0.25) is 15.1 Å². The molecule has 0 saturated carbocycles. The minimum atomic E-state index is -0.250. The molecular weight excluding hydrogens is 224 g/mol. The van der Waals surface area contributed by atoms with Gasteiger partial charge in [0.15, 0.2) is 0 Å². The summed E-state index contributed by atoms with van der Waals surface area (Å²) in [5.41, 5.74) is 6.70. The van der Waals surface area contributed by atoms with E-state index in [2.05, 4.69) is 15.6 Å². The van der Waals surface area contributed by atoms with Crippen LogP contribution in [0.1, 0.15) is 12.0 Å². The Balaban J connectivity index is 1.84. The first-order valence-electron chi connectivity index (χ1n) is 5.05. The van der Waals surface area contributed by atoms with Gasteiger partial charge >= 0.3 is 0 Å². The molecule has 1 aromatic rings. The summed E-state index contributed by atoms with van der Waals surface area (Å²) in [4.78, 5) is 15.3. The van der Waals surface area contributed by atoms with Gasteiger partial charge in [0.2, 0.25) is 5.91 Å². The van der Waals surface area contributed by atoms with Gasteiger partial charge < -0.3 is 11.1 Å². The van der Waals surface area contributed by atoms with E-state index in [4.69, 9.17) is 5.73 Å². The predicted molar refractivity (Wildman–Crippen MR) is 63.2 cm³/mol. The first kappa shape index (κ1) is 11.4. The number of carbonyl (C=O) groups is 1. The van der Waals surface area contributed by atoms with Crippen LogP contribution in [0.2, 0.25) is 0 Å². The first-order chi connectivity index (χ1) is 7.74. The summed E-state index contributed by atoms with van der Waals surface area (Å²) in [7, 11) is 0. The highest BCUT2D eigenvalue weighted by atomic mass is 32.2. The van der Waals surface area contributed by atoms with E-state index >= 15 is 0 Å². The van der Waals surface area contributed by atoms with E-state index in [1.54, 1.807) is 18.0 Å². The van der Waals surface area contributed by atoms with Crippen molar-refractivity contribution in [3.63, 3.8) is 0 Å². The fourth-order valence-corrected chi connectivity index (χ4v) is 2.47. The van der Waals surface area contributed by atoms with Crippen molar-refractivity contribution in [1.29, 1.82) is 0 Å². The van der Waals surface area contributed by atoms with E-state index in [9.17, 15) is 4.79 Å². The maximum atomic E-state index is 11.2. The van der Waals surface area contributed by atoms with E-state index in [0.717, 1.165) is 11.3 Å². The minimum Gasteiger partial charge on any atom is -0.332 e. The standard InChI is InChI=1S/C10H14N4OS/c11-8-4-9(15)14-10(13-8)16-6-7-2-1-3-12-5-7/h1-3,5,8,10,13H,4,6,11H2,(H,14,15). The number of thioether (sulfide) groups is 1. The van der Waals surface area contributed by atoms with Gasteiger partial charge in [0.05, 0.1) is 12.6 Å². The third-order valence-electron chi connectivity index (χ3n) is 2.20. The van der Waals surface area contributed by atoms with Crippen LogP contribution in [-0.2, 0) is 10.5 Å². The van der Waals surface area contributed by atoms with Gasteiger partial charge in [0, 0.05) is 18.1 Å². The van der Waals surface area contributed by atoms with Crippen LogP contribution < -0.4 is 16.4 Å². The van der Waals surface area contributed by atoms with E-state index in [1.165, 1.54) is 0 Å². The fraction of sp³-hybridized carbons (Fsp3) is 0.400. The number of nitrogens with one attached hydrogen (secondary N) is 2. The zero-order valence-corrected chi connectivity index (χ0v) is 9.54. The van der Waals surface area contributed by atoms with Crippen molar-refractivity contribution in [2.75, 3.05) is 0 Å². The molecule has 5 nitrogen and oxygen atoms in total. The molecular formula is C10H14N4OS. The lowest BCUT2D eigenvalue weighted by molar-refractivity contribution is -0.123. The Kier molecular flexibility index (Phi) is 3.76. The molecule has 1 amide bonds. The van der Waals surface area contributed by atoms with Gasteiger partial charge in [0.25, 0.3) is 0 Å². The zero-order chi connectivity index (χ0) is 11.4. The molecule has 0 spiro atoms. The van der Waals surface area contributed by atoms with Crippen molar-refractivity contribution in [3.05, 3.63) is 30.1 Å². The van der Waals surface area contributed by atoms with Gasteiger partial charge in [-0.15, -0.1) is 11.8 Å². The van der Waals surface area contributed by atoms with Crippen LogP contribution in [0.5, 0.6) is 0 Å². The smallest absolute Gasteiger partial charge is 0.224 e. The molecule has 6 heteroatoms. The molecule has 2 rings (SSSR count). The Morgan fingerprint density at radius 2 is 2.50 bits per heavy atom. The number of nitrogens with zero attached hydrogens (tertiary/aromatic N) is 1. The van der Waals surface area contributed by atoms with Crippen LogP contribution in [0.3, 0.4) is 0 Å². The molecule has 16 heavy (non-hydrogen) atoms. The highest BCUT2D eigenvalue weighted by Crippen LogP contribution is 2.16. The summed E-state index contributed by atoms with van der Waals surface area (Å²) in [6.07, 6.45) is 3.65. The fourth-order valence-electron chi connectivity index (χ4n) is 1.45. The second-order valence-corrected chi connectivity index (χ2v) is 4.69. The second-order valence-electron chi connectivity index (χ2n) is 3.60. The third kappa shape index (κ3) is 3.19. The average molecular weight is 238 g/mol. The number of carbonyl (C=O) groups excluding carboxylic acids is 1. The third-order valence-corrected chi connectivity index (χ3v) is 3.29. The first-order valence-corrected chi connectivity index (χ1v) is 6.10. The van der Waals surface area contributed by atoms with Gasteiger partial charge in [-0.1, -0.05) is 6.07 Å². The number of aromatic nitrogens is 1. The summed E-state index contributed by atoms with van der Waals surface area (Å²) in [5, 5.41) is 5.93. The van der Waals surface area contributed by atoms with Crippen LogP contribution in [0, 0.1) is 0 Å². The molecule has 2 unspecified atom stereocenters. The molecule has 1 fully saturated rings. The monoisotopic (exact) mass is 238 g/mol. The Morgan fingerprint density at radius 1 is 1.62 bits per heavy atom. The lowest BCUT2D eigenvalue weighted by atomic mass is 10.3. The number of pyridine rings is 1. The quantitative estimate of drug-likeness (QED) is 0.690. The molecule has 4 N–H and O–H groups in total. The highest BCUT2D eigenvalue weighted by molar-refractivity contribution is 7.99. The molecule has 1 aromatic heterocycles. The number of hydrogen-bond acceptors (Lipinski definition) is 5. The summed E-state index contributed by atoms with van der Waals surface area (Å²) in [6, 6.07) is 3.90. The molecule has 2 heterocycles. The molecule has 1 aliphatic rings. The molecule has 0 bridgehead atoms. The van der Waals surface area contributed by atoms with Crippen LogP contribution >= 0.6 is 11.8 Å². The number of nitrogens with two attached hydrogens (primary N) is 1. The van der Waals surface area contributed by atoms with Crippen molar-refractivity contribution >= 4 is 17.7 Å². The molecule has 1 saturated heterocycles. The van der Waals surface area contributed by atoms with E-state index in [0.29, 0.717) is 6.42 Å². The van der Waals surface area contributed by atoms with Crippen molar-refractivity contribution in [3.8, 4) is 0 Å². The Labute approximate surface area is 98.2 Å². The number of amides is 1. The highest BCUT2D eigenvalue weighted by Gasteiger charge is 2.22. The largest absolute Gasteiger partial charge is 0.332 e. The van der Waals surface area contributed by atoms with E-state index in [1.807, 2.05) is 18.3 Å². The van der Waals surface area contributed by atoms with E-state index < -0.39 is 0 Å². The average Bonchev–Trinajstić information content (AvgIpc) is 2.27. The number of rotatable bonds is 3. The van der Waals surface area contributed by atoms with Gasteiger partial charge in [0.1, 0.15) is 5.50 Å². The van der Waals surface area contributed by atoms with Crippen LogP contribution in [-0.4, -0.2) is 22.6 Å². The molecule has 1 aliphatic heterocycles. The van der Waals surface area contributed by atoms with E-state index in [-0.39, 0.29) is 17.6 Å². The van der Waals surface area contributed by atoms with Gasteiger partial charge in [-0.05, 0) is 11.6 Å². The lowest BCUT2D eigenvalue weighted by Crippen LogP contribution is -2.57.